The van der Waals surface area contributed by atoms with Crippen molar-refractivity contribution in [2.45, 2.75) is 32.3 Å². The molecule has 1 fully saturated rings. The van der Waals surface area contributed by atoms with Crippen molar-refractivity contribution in [3.05, 3.63) is 12.1 Å². The number of hydrogen-bond acceptors (Lipinski definition) is 5. The number of nitrogens with two attached hydrogens (primary N) is 1. The van der Waals surface area contributed by atoms with E-state index >= 15 is 0 Å². The van der Waals surface area contributed by atoms with Crippen molar-refractivity contribution in [3.8, 4) is 5.88 Å². The highest BCUT2D eigenvalue weighted by molar-refractivity contribution is 5.53. The Morgan fingerprint density at radius 2 is 2.33 bits per heavy atom. The van der Waals surface area contributed by atoms with Gasteiger partial charge < -0.3 is 20.9 Å². The Balaban J connectivity index is 1.91. The molecule has 1 heterocycles. The van der Waals surface area contributed by atoms with E-state index in [0.717, 1.165) is 0 Å². The highest BCUT2D eigenvalue weighted by Gasteiger charge is 2.22. The molecule has 1 aromatic heterocycles. The maximum Gasteiger partial charge on any atom is 0.239 e. The molecule has 1 aliphatic rings. The molecule has 0 saturated heterocycles. The molecule has 0 amide bonds. The predicted molar refractivity (Wildman–Crippen MR) is 71.7 cm³/mol. The fraction of sp³-hybridized carbons (Fsp3) is 0.615. The number of aliphatic hydroxyl groups is 1. The molecule has 1 saturated carbocycles. The van der Waals surface area contributed by atoms with E-state index in [1.165, 1.54) is 12.8 Å². The molecule has 18 heavy (non-hydrogen) atoms. The summed E-state index contributed by atoms with van der Waals surface area (Å²) in [4.78, 5) is 4.31. The average Bonchev–Trinajstić information content (AvgIpc) is 3.19. The van der Waals surface area contributed by atoms with Crippen LogP contribution in [0.2, 0.25) is 0 Å². The van der Waals surface area contributed by atoms with Crippen molar-refractivity contribution in [3.63, 3.8) is 0 Å². The predicted octanol–water partition coefficient (Wildman–Crippen LogP) is 1.64. The summed E-state index contributed by atoms with van der Waals surface area (Å²) in [5.74, 6) is 1.84. The van der Waals surface area contributed by atoms with Gasteiger partial charge in [-0.3, -0.25) is 0 Å². The first kappa shape index (κ1) is 13.0. The van der Waals surface area contributed by atoms with E-state index in [9.17, 15) is 5.11 Å². The molecule has 2 rings (SSSR count). The van der Waals surface area contributed by atoms with E-state index in [0.29, 0.717) is 42.9 Å². The van der Waals surface area contributed by atoms with Crippen LogP contribution in [0, 0.1) is 5.92 Å². The van der Waals surface area contributed by atoms with Crippen LogP contribution in [0.5, 0.6) is 5.88 Å². The molecular weight excluding hydrogens is 230 g/mol. The zero-order valence-corrected chi connectivity index (χ0v) is 10.7. The van der Waals surface area contributed by atoms with Gasteiger partial charge >= 0.3 is 0 Å². The Bertz CT molecular complexity index is 394. The second-order valence-electron chi connectivity index (χ2n) is 4.79. The van der Waals surface area contributed by atoms with E-state index in [-0.39, 0.29) is 6.10 Å². The highest BCUT2D eigenvalue weighted by atomic mass is 16.5. The number of pyridine rings is 1. The van der Waals surface area contributed by atoms with Gasteiger partial charge in [-0.2, -0.15) is 4.98 Å². The first-order valence-corrected chi connectivity index (χ1v) is 6.50. The molecule has 4 N–H and O–H groups in total. The lowest BCUT2D eigenvalue weighted by Crippen LogP contribution is -2.19. The minimum atomic E-state index is -0.361. The number of nitrogen functional groups attached to an aromatic ring is 1. The van der Waals surface area contributed by atoms with Crippen molar-refractivity contribution < 1.29 is 9.84 Å². The third-order valence-electron chi connectivity index (χ3n) is 3.03. The van der Waals surface area contributed by atoms with Gasteiger partial charge in [0.05, 0.1) is 18.4 Å². The van der Waals surface area contributed by atoms with E-state index in [1.54, 1.807) is 12.1 Å². The summed E-state index contributed by atoms with van der Waals surface area (Å²) in [6.07, 6.45) is 2.83. The Kier molecular flexibility index (Phi) is 4.25. The number of hydrogen-bond donors (Lipinski definition) is 3. The van der Waals surface area contributed by atoms with E-state index in [2.05, 4.69) is 10.3 Å². The zero-order chi connectivity index (χ0) is 13.0. The summed E-state index contributed by atoms with van der Waals surface area (Å²) < 4.78 is 5.60. The monoisotopic (exact) mass is 251 g/mol. The minimum Gasteiger partial charge on any atom is -0.476 e. The molecule has 0 bridgehead atoms. The van der Waals surface area contributed by atoms with E-state index in [4.69, 9.17) is 10.5 Å². The van der Waals surface area contributed by atoms with Gasteiger partial charge in [0, 0.05) is 6.54 Å². The molecule has 5 nitrogen and oxygen atoms in total. The highest BCUT2D eigenvalue weighted by Crippen LogP contribution is 2.30. The maximum atomic E-state index is 9.48. The standard InChI is InChI=1S/C13H21N3O2/c1-2-10(17)7-15-12-6-5-11(14)13(16-12)18-8-9-3-4-9/h5-6,9-10,17H,2-4,7-8,14H2,1H3,(H,15,16). The number of nitrogens with zero attached hydrogens (tertiary/aromatic N) is 1. The first-order valence-electron chi connectivity index (χ1n) is 6.50. The topological polar surface area (TPSA) is 80.4 Å². The third kappa shape index (κ3) is 3.77. The number of nitrogens with one attached hydrogen (secondary N) is 1. The van der Waals surface area contributed by atoms with Crippen LogP contribution < -0.4 is 15.8 Å². The third-order valence-corrected chi connectivity index (χ3v) is 3.03. The molecule has 1 atom stereocenters. The Morgan fingerprint density at radius 3 is 3.00 bits per heavy atom. The lowest BCUT2D eigenvalue weighted by Gasteiger charge is -2.12. The Morgan fingerprint density at radius 1 is 1.56 bits per heavy atom. The summed E-state index contributed by atoms with van der Waals surface area (Å²) in [6.45, 7) is 3.11. The number of ether oxygens (including phenoxy) is 1. The number of aromatic nitrogens is 1. The van der Waals surface area contributed by atoms with Crippen LogP contribution in [0.3, 0.4) is 0 Å². The second kappa shape index (κ2) is 5.91. The minimum absolute atomic E-state index is 0.361. The van der Waals surface area contributed by atoms with Gasteiger partial charge in [0.2, 0.25) is 5.88 Å². The number of anilines is 2. The molecular formula is C13H21N3O2. The fourth-order valence-corrected chi connectivity index (χ4v) is 1.51. The summed E-state index contributed by atoms with van der Waals surface area (Å²) in [6, 6.07) is 3.57. The van der Waals surface area contributed by atoms with E-state index in [1.807, 2.05) is 6.92 Å². The lowest BCUT2D eigenvalue weighted by atomic mass is 10.3. The SMILES string of the molecule is CCC(O)CNc1ccc(N)c(OCC2CC2)n1. The maximum absolute atomic E-state index is 9.48. The molecule has 100 valence electrons. The zero-order valence-electron chi connectivity index (χ0n) is 10.7. The normalized spacial score (nSPS) is 16.3. The Hall–Kier alpha value is -1.49. The quantitative estimate of drug-likeness (QED) is 0.686. The van der Waals surface area contributed by atoms with Crippen LogP contribution in [-0.2, 0) is 0 Å². The van der Waals surface area contributed by atoms with Gasteiger partial charge in [-0.1, -0.05) is 6.92 Å². The van der Waals surface area contributed by atoms with Crippen molar-refractivity contribution in [2.75, 3.05) is 24.2 Å². The van der Waals surface area contributed by atoms with Gasteiger partial charge in [0.15, 0.2) is 0 Å². The molecule has 0 aliphatic heterocycles. The van der Waals surface area contributed by atoms with Crippen molar-refractivity contribution in [1.82, 2.24) is 4.98 Å². The molecule has 0 spiro atoms. The van der Waals surface area contributed by atoms with E-state index < -0.39 is 0 Å². The van der Waals surface area contributed by atoms with Gasteiger partial charge in [-0.15, -0.1) is 0 Å². The summed E-state index contributed by atoms with van der Waals surface area (Å²) in [5.41, 5.74) is 6.37. The molecule has 0 aromatic carbocycles. The number of aliphatic hydroxyl groups excluding tert-OH is 1. The van der Waals surface area contributed by atoms with Gasteiger partial charge in [-0.25, -0.2) is 0 Å². The van der Waals surface area contributed by atoms with Crippen LogP contribution in [0.1, 0.15) is 26.2 Å². The summed E-state index contributed by atoms with van der Waals surface area (Å²) in [7, 11) is 0. The first-order chi connectivity index (χ1) is 8.69. The molecule has 0 radical (unpaired) electrons. The molecule has 1 aliphatic carbocycles. The average molecular weight is 251 g/mol. The van der Waals surface area contributed by atoms with Crippen molar-refractivity contribution in [2.24, 2.45) is 5.92 Å². The van der Waals surface area contributed by atoms with Crippen molar-refractivity contribution >= 4 is 11.5 Å². The van der Waals surface area contributed by atoms with Gasteiger partial charge in [0.25, 0.3) is 0 Å². The number of rotatable bonds is 7. The second-order valence-corrected chi connectivity index (χ2v) is 4.79. The van der Waals surface area contributed by atoms with Crippen LogP contribution >= 0.6 is 0 Å². The van der Waals surface area contributed by atoms with Gasteiger partial charge in [-0.05, 0) is 37.3 Å². The summed E-state index contributed by atoms with van der Waals surface area (Å²) >= 11 is 0. The lowest BCUT2D eigenvalue weighted by molar-refractivity contribution is 0.183. The molecule has 1 aromatic rings. The fourth-order valence-electron chi connectivity index (χ4n) is 1.51. The largest absolute Gasteiger partial charge is 0.476 e. The van der Waals surface area contributed by atoms with Crippen LogP contribution in [0.25, 0.3) is 0 Å². The van der Waals surface area contributed by atoms with Gasteiger partial charge in [0.1, 0.15) is 5.82 Å². The molecule has 1 unspecified atom stereocenters. The van der Waals surface area contributed by atoms with Crippen LogP contribution in [0.4, 0.5) is 11.5 Å². The smallest absolute Gasteiger partial charge is 0.239 e. The van der Waals surface area contributed by atoms with Crippen LogP contribution in [-0.4, -0.2) is 29.3 Å². The van der Waals surface area contributed by atoms with Crippen LogP contribution in [0.15, 0.2) is 12.1 Å². The Labute approximate surface area is 107 Å². The summed E-state index contributed by atoms with van der Waals surface area (Å²) in [5, 5.41) is 12.6. The van der Waals surface area contributed by atoms with Crippen molar-refractivity contribution in [1.29, 1.82) is 0 Å². The molecule has 5 heteroatoms.